The number of nitrogens with one attached hydrogen (secondary N) is 2. The summed E-state index contributed by atoms with van der Waals surface area (Å²) in [6.45, 7) is 4.78. The van der Waals surface area contributed by atoms with Gasteiger partial charge in [0.15, 0.2) is 0 Å². The van der Waals surface area contributed by atoms with E-state index in [2.05, 4.69) is 27.7 Å². The molecule has 0 saturated carbocycles. The summed E-state index contributed by atoms with van der Waals surface area (Å²) in [5, 5.41) is 6.45. The number of hydrogen-bond acceptors (Lipinski definition) is 4. The van der Waals surface area contributed by atoms with Crippen LogP contribution in [0.1, 0.15) is 30.4 Å². The molecular formula is C23H31N3O2. The highest BCUT2D eigenvalue weighted by Gasteiger charge is 2.10. The third-order valence-electron chi connectivity index (χ3n) is 5.17. The van der Waals surface area contributed by atoms with Crippen molar-refractivity contribution in [1.82, 2.24) is 10.2 Å². The first-order chi connectivity index (χ1) is 13.7. The van der Waals surface area contributed by atoms with E-state index in [1.54, 1.807) is 7.11 Å². The van der Waals surface area contributed by atoms with Crippen molar-refractivity contribution in [3.63, 3.8) is 0 Å². The molecule has 1 amide bonds. The molecule has 5 heteroatoms. The van der Waals surface area contributed by atoms with Gasteiger partial charge in [-0.2, -0.15) is 0 Å². The van der Waals surface area contributed by atoms with Gasteiger partial charge in [-0.1, -0.05) is 30.7 Å². The summed E-state index contributed by atoms with van der Waals surface area (Å²) >= 11 is 0. The molecule has 5 nitrogen and oxygen atoms in total. The molecule has 2 aromatic rings. The Morgan fingerprint density at radius 2 is 1.64 bits per heavy atom. The van der Waals surface area contributed by atoms with Gasteiger partial charge in [0, 0.05) is 25.3 Å². The van der Waals surface area contributed by atoms with Gasteiger partial charge in [0.25, 0.3) is 0 Å². The van der Waals surface area contributed by atoms with E-state index >= 15 is 0 Å². The number of hydrogen-bond donors (Lipinski definition) is 2. The molecule has 28 heavy (non-hydrogen) atoms. The zero-order valence-electron chi connectivity index (χ0n) is 16.7. The standard InChI is InChI=1S/C23H31N3O2/c1-28-22-11-7-20(8-12-22)18-25-21-9-5-19(6-10-21)17-23(27)24-13-16-26-14-3-2-4-15-26/h5-12,25H,2-4,13-18H2,1H3,(H,24,27). The van der Waals surface area contributed by atoms with Crippen LogP contribution in [0.4, 0.5) is 5.69 Å². The van der Waals surface area contributed by atoms with Gasteiger partial charge in [-0.25, -0.2) is 0 Å². The van der Waals surface area contributed by atoms with Crippen molar-refractivity contribution in [1.29, 1.82) is 0 Å². The molecule has 0 atom stereocenters. The molecule has 0 bridgehead atoms. The van der Waals surface area contributed by atoms with Crippen molar-refractivity contribution in [3.05, 3.63) is 59.7 Å². The molecule has 3 rings (SSSR count). The number of ether oxygens (including phenoxy) is 1. The predicted molar refractivity (Wildman–Crippen MR) is 114 cm³/mol. The number of carbonyl (C=O) groups excluding carboxylic acids is 1. The first-order valence-electron chi connectivity index (χ1n) is 10.2. The van der Waals surface area contributed by atoms with Gasteiger partial charge in [0.2, 0.25) is 5.91 Å². The Hall–Kier alpha value is -2.53. The Morgan fingerprint density at radius 1 is 0.964 bits per heavy atom. The number of anilines is 1. The molecule has 0 radical (unpaired) electrons. The molecule has 2 aromatic carbocycles. The third-order valence-corrected chi connectivity index (χ3v) is 5.17. The molecule has 1 heterocycles. The van der Waals surface area contributed by atoms with E-state index in [0.717, 1.165) is 36.6 Å². The van der Waals surface area contributed by atoms with Gasteiger partial charge < -0.3 is 20.3 Å². The third kappa shape index (κ3) is 6.57. The fourth-order valence-corrected chi connectivity index (χ4v) is 3.47. The minimum absolute atomic E-state index is 0.0935. The predicted octanol–water partition coefficient (Wildman–Crippen LogP) is 3.45. The summed E-state index contributed by atoms with van der Waals surface area (Å²) < 4.78 is 5.18. The van der Waals surface area contributed by atoms with Crippen molar-refractivity contribution in [2.75, 3.05) is 38.6 Å². The average molecular weight is 382 g/mol. The molecule has 0 aromatic heterocycles. The quantitative estimate of drug-likeness (QED) is 0.699. The van der Waals surface area contributed by atoms with Crippen LogP contribution in [0.25, 0.3) is 0 Å². The van der Waals surface area contributed by atoms with E-state index in [1.807, 2.05) is 36.4 Å². The van der Waals surface area contributed by atoms with E-state index in [4.69, 9.17) is 4.74 Å². The number of piperidine rings is 1. The second-order valence-corrected chi connectivity index (χ2v) is 7.33. The molecule has 0 spiro atoms. The van der Waals surface area contributed by atoms with E-state index in [-0.39, 0.29) is 5.91 Å². The number of carbonyl (C=O) groups is 1. The number of methoxy groups -OCH3 is 1. The number of amides is 1. The highest BCUT2D eigenvalue weighted by molar-refractivity contribution is 5.78. The summed E-state index contributed by atoms with van der Waals surface area (Å²) in [6.07, 6.45) is 4.34. The zero-order chi connectivity index (χ0) is 19.6. The lowest BCUT2D eigenvalue weighted by molar-refractivity contribution is -0.120. The molecular weight excluding hydrogens is 350 g/mol. The summed E-state index contributed by atoms with van der Waals surface area (Å²) in [5.41, 5.74) is 3.27. The Morgan fingerprint density at radius 3 is 2.32 bits per heavy atom. The number of likely N-dealkylation sites (tertiary alicyclic amines) is 1. The summed E-state index contributed by atoms with van der Waals surface area (Å²) in [7, 11) is 1.67. The summed E-state index contributed by atoms with van der Waals surface area (Å²) in [4.78, 5) is 14.6. The van der Waals surface area contributed by atoms with E-state index < -0.39 is 0 Å². The number of rotatable bonds is 9. The normalized spacial score (nSPS) is 14.5. The van der Waals surface area contributed by atoms with E-state index in [0.29, 0.717) is 6.42 Å². The van der Waals surface area contributed by atoms with Gasteiger partial charge in [-0.3, -0.25) is 4.79 Å². The van der Waals surface area contributed by atoms with Crippen LogP contribution < -0.4 is 15.4 Å². The first-order valence-corrected chi connectivity index (χ1v) is 10.2. The van der Waals surface area contributed by atoms with Gasteiger partial charge >= 0.3 is 0 Å². The monoisotopic (exact) mass is 381 g/mol. The van der Waals surface area contributed by atoms with Crippen LogP contribution in [0.3, 0.4) is 0 Å². The highest BCUT2D eigenvalue weighted by Crippen LogP contribution is 2.15. The van der Waals surface area contributed by atoms with Crippen LogP contribution in [0.5, 0.6) is 5.75 Å². The highest BCUT2D eigenvalue weighted by atomic mass is 16.5. The van der Waals surface area contributed by atoms with Crippen molar-refractivity contribution in [2.45, 2.75) is 32.2 Å². The number of benzene rings is 2. The van der Waals surface area contributed by atoms with Crippen molar-refractivity contribution in [3.8, 4) is 5.75 Å². The maximum absolute atomic E-state index is 12.1. The molecule has 1 aliphatic rings. The SMILES string of the molecule is COc1ccc(CNc2ccc(CC(=O)NCCN3CCCCC3)cc2)cc1. The Labute approximate surface area is 168 Å². The average Bonchev–Trinajstić information content (AvgIpc) is 2.74. The van der Waals surface area contributed by atoms with Crippen LogP contribution in [-0.4, -0.2) is 44.1 Å². The summed E-state index contributed by atoms with van der Waals surface area (Å²) in [6, 6.07) is 16.1. The van der Waals surface area contributed by atoms with Crippen molar-refractivity contribution < 1.29 is 9.53 Å². The topological polar surface area (TPSA) is 53.6 Å². The fraction of sp³-hybridized carbons (Fsp3) is 0.435. The molecule has 0 aliphatic carbocycles. The van der Waals surface area contributed by atoms with Crippen LogP contribution in [0.2, 0.25) is 0 Å². The van der Waals surface area contributed by atoms with Gasteiger partial charge in [-0.15, -0.1) is 0 Å². The van der Waals surface area contributed by atoms with Gasteiger partial charge in [-0.05, 0) is 61.3 Å². The second-order valence-electron chi connectivity index (χ2n) is 7.33. The molecule has 1 aliphatic heterocycles. The van der Waals surface area contributed by atoms with E-state index in [9.17, 15) is 4.79 Å². The van der Waals surface area contributed by atoms with Crippen LogP contribution in [-0.2, 0) is 17.8 Å². The minimum Gasteiger partial charge on any atom is -0.497 e. The smallest absolute Gasteiger partial charge is 0.224 e. The lowest BCUT2D eigenvalue weighted by Gasteiger charge is -2.26. The van der Waals surface area contributed by atoms with Gasteiger partial charge in [0.1, 0.15) is 5.75 Å². The van der Waals surface area contributed by atoms with Crippen LogP contribution in [0.15, 0.2) is 48.5 Å². The second kappa shape index (κ2) is 10.7. The Kier molecular flexibility index (Phi) is 7.73. The van der Waals surface area contributed by atoms with Crippen molar-refractivity contribution >= 4 is 11.6 Å². The Bertz CT molecular complexity index is 723. The summed E-state index contributed by atoms with van der Waals surface area (Å²) in [5.74, 6) is 0.957. The lowest BCUT2D eigenvalue weighted by Crippen LogP contribution is -2.38. The molecule has 150 valence electrons. The zero-order valence-corrected chi connectivity index (χ0v) is 16.7. The minimum atomic E-state index is 0.0935. The first kappa shape index (κ1) is 20.2. The molecule has 1 fully saturated rings. The fourth-order valence-electron chi connectivity index (χ4n) is 3.47. The molecule has 1 saturated heterocycles. The lowest BCUT2D eigenvalue weighted by atomic mass is 10.1. The van der Waals surface area contributed by atoms with Gasteiger partial charge in [0.05, 0.1) is 13.5 Å². The molecule has 2 N–H and O–H groups in total. The largest absolute Gasteiger partial charge is 0.497 e. The molecule has 0 unspecified atom stereocenters. The maximum Gasteiger partial charge on any atom is 0.224 e. The van der Waals surface area contributed by atoms with Crippen molar-refractivity contribution in [2.24, 2.45) is 0 Å². The van der Waals surface area contributed by atoms with E-state index in [1.165, 1.54) is 37.9 Å². The maximum atomic E-state index is 12.1. The number of nitrogens with zero attached hydrogens (tertiary/aromatic N) is 1. The van der Waals surface area contributed by atoms with Crippen LogP contribution in [0, 0.1) is 0 Å². The van der Waals surface area contributed by atoms with Crippen LogP contribution >= 0.6 is 0 Å². The Balaban J connectivity index is 1.37.